The van der Waals surface area contributed by atoms with Gasteiger partial charge in [-0.3, -0.25) is 0 Å². The van der Waals surface area contributed by atoms with Gasteiger partial charge in [0.05, 0.1) is 0 Å². The van der Waals surface area contributed by atoms with Crippen LogP contribution in [0.3, 0.4) is 0 Å². The number of nitrogens with zero attached hydrogens (tertiary/aromatic N) is 3. The average Bonchev–Trinajstić information content (AvgIpc) is 2.80. The second-order valence-electron chi connectivity index (χ2n) is 5.10. The molecule has 0 aromatic rings. The molecule has 0 radical (unpaired) electrons. The van der Waals surface area contributed by atoms with Gasteiger partial charge in [-0.05, 0) is 57.3 Å². The third-order valence-electron chi connectivity index (χ3n) is 3.32. The third-order valence-corrected chi connectivity index (χ3v) is 4.18. The highest BCUT2D eigenvalue weighted by Gasteiger charge is 2.19. The maximum atomic E-state index is 5.37. The van der Waals surface area contributed by atoms with Crippen LogP contribution in [0.15, 0.2) is 0 Å². The van der Waals surface area contributed by atoms with Crippen molar-refractivity contribution in [3.05, 3.63) is 0 Å². The molecule has 4 nitrogen and oxygen atoms in total. The van der Waals surface area contributed by atoms with Crippen LogP contribution in [0.5, 0.6) is 0 Å². The van der Waals surface area contributed by atoms with Crippen molar-refractivity contribution in [2.24, 2.45) is 0 Å². The van der Waals surface area contributed by atoms with Crippen molar-refractivity contribution in [3.63, 3.8) is 0 Å². The second-order valence-corrected chi connectivity index (χ2v) is 5.87. The molecule has 1 atom stereocenters. The van der Waals surface area contributed by atoms with Gasteiger partial charge in [0.2, 0.25) is 0 Å². The zero-order chi connectivity index (χ0) is 13.7. The summed E-state index contributed by atoms with van der Waals surface area (Å²) in [7, 11) is 5.84. The fourth-order valence-electron chi connectivity index (χ4n) is 1.95. The van der Waals surface area contributed by atoms with E-state index in [1.165, 1.54) is 25.9 Å². The van der Waals surface area contributed by atoms with Crippen LogP contribution >= 0.6 is 24.4 Å². The fraction of sp³-hybridized carbons (Fsp3) is 0.833. The summed E-state index contributed by atoms with van der Waals surface area (Å²) in [5.41, 5.74) is 0. The molecule has 1 aliphatic rings. The van der Waals surface area contributed by atoms with Gasteiger partial charge in [-0.15, -0.1) is 0 Å². The lowest BCUT2D eigenvalue weighted by Gasteiger charge is -2.31. The van der Waals surface area contributed by atoms with Crippen LogP contribution in [0.25, 0.3) is 0 Å². The summed E-state index contributed by atoms with van der Waals surface area (Å²) in [6, 6.07) is 0.396. The van der Waals surface area contributed by atoms with Crippen molar-refractivity contribution >= 4 is 34.7 Å². The lowest BCUT2D eigenvalue weighted by atomic mass is 10.3. The molecule has 0 aromatic carbocycles. The molecule has 18 heavy (non-hydrogen) atoms. The summed E-state index contributed by atoms with van der Waals surface area (Å²) >= 11 is 10.6. The number of nitrogens with one attached hydrogen (secondary N) is 1. The molecule has 104 valence electrons. The minimum absolute atomic E-state index is 0.396. The topological polar surface area (TPSA) is 21.8 Å². The Hall–Kier alpha value is -0.460. The van der Waals surface area contributed by atoms with Gasteiger partial charge < -0.3 is 20.0 Å². The number of likely N-dealkylation sites (tertiary alicyclic amines) is 1. The van der Waals surface area contributed by atoms with Crippen molar-refractivity contribution in [2.45, 2.75) is 25.8 Å². The van der Waals surface area contributed by atoms with E-state index in [2.05, 4.69) is 22.0 Å². The monoisotopic (exact) mass is 288 g/mol. The van der Waals surface area contributed by atoms with Crippen molar-refractivity contribution in [2.75, 3.05) is 40.8 Å². The molecule has 1 rings (SSSR count). The van der Waals surface area contributed by atoms with Crippen LogP contribution in [-0.2, 0) is 0 Å². The highest BCUT2D eigenvalue weighted by atomic mass is 32.1. The number of thiocarbonyl (C=S) groups is 2. The largest absolute Gasteiger partial charge is 0.355 e. The average molecular weight is 288 g/mol. The van der Waals surface area contributed by atoms with Gasteiger partial charge in [0.15, 0.2) is 10.2 Å². The molecule has 0 spiro atoms. The Labute approximate surface area is 121 Å². The van der Waals surface area contributed by atoms with E-state index in [1.807, 2.05) is 26.0 Å². The molecule has 1 unspecified atom stereocenters. The lowest BCUT2D eigenvalue weighted by Crippen LogP contribution is -2.50. The Kier molecular flexibility index (Phi) is 6.25. The normalized spacial score (nSPS) is 17.3. The number of likely N-dealkylation sites (N-methyl/N-ethyl adjacent to an activating group) is 1. The van der Waals surface area contributed by atoms with E-state index in [9.17, 15) is 0 Å². The number of rotatable bonds is 3. The minimum atomic E-state index is 0.396. The molecule has 1 saturated heterocycles. The quantitative estimate of drug-likeness (QED) is 0.781. The molecule has 0 aliphatic carbocycles. The first kappa shape index (κ1) is 15.6. The summed E-state index contributed by atoms with van der Waals surface area (Å²) < 4.78 is 0. The van der Waals surface area contributed by atoms with Crippen LogP contribution < -0.4 is 5.32 Å². The van der Waals surface area contributed by atoms with Gasteiger partial charge in [-0.2, -0.15) is 0 Å². The molecule has 1 aliphatic heterocycles. The van der Waals surface area contributed by atoms with Crippen LogP contribution in [-0.4, -0.2) is 71.7 Å². The Morgan fingerprint density at radius 1 is 1.17 bits per heavy atom. The SMILES string of the molecule is CC(CN1CCCC1)N(C)C(=S)NC(=S)N(C)C. The van der Waals surface area contributed by atoms with Crippen LogP contribution in [0.1, 0.15) is 19.8 Å². The first-order valence-corrected chi connectivity index (χ1v) is 7.21. The molecule has 1 N–H and O–H groups in total. The van der Waals surface area contributed by atoms with Crippen molar-refractivity contribution < 1.29 is 0 Å². The highest BCUT2D eigenvalue weighted by molar-refractivity contribution is 7.81. The standard InChI is InChI=1S/C12H24N4S2/c1-10(9-16-7-5-6-8-16)15(4)12(18)13-11(17)14(2)3/h10H,5-9H2,1-4H3,(H,13,17,18). The van der Waals surface area contributed by atoms with E-state index < -0.39 is 0 Å². The number of hydrogen-bond acceptors (Lipinski definition) is 3. The molecule has 0 saturated carbocycles. The molecular weight excluding hydrogens is 264 g/mol. The number of hydrogen-bond donors (Lipinski definition) is 1. The van der Waals surface area contributed by atoms with Crippen LogP contribution in [0.2, 0.25) is 0 Å². The van der Waals surface area contributed by atoms with E-state index >= 15 is 0 Å². The molecule has 6 heteroatoms. The van der Waals surface area contributed by atoms with Crippen molar-refractivity contribution in [3.8, 4) is 0 Å². The predicted octanol–water partition coefficient (Wildman–Crippen LogP) is 1.12. The van der Waals surface area contributed by atoms with Gasteiger partial charge in [0.1, 0.15) is 0 Å². The van der Waals surface area contributed by atoms with E-state index in [1.54, 1.807) is 0 Å². The second kappa shape index (κ2) is 7.21. The predicted molar refractivity (Wildman–Crippen MR) is 84.9 cm³/mol. The molecule has 1 fully saturated rings. The molecule has 1 heterocycles. The van der Waals surface area contributed by atoms with Gasteiger partial charge in [0.25, 0.3) is 0 Å². The lowest BCUT2D eigenvalue weighted by molar-refractivity contribution is 0.252. The highest BCUT2D eigenvalue weighted by Crippen LogP contribution is 2.09. The fourth-order valence-corrected chi connectivity index (χ4v) is 2.39. The Morgan fingerprint density at radius 2 is 1.72 bits per heavy atom. The van der Waals surface area contributed by atoms with Gasteiger partial charge in [-0.1, -0.05) is 0 Å². The summed E-state index contributed by atoms with van der Waals surface area (Å²) in [4.78, 5) is 6.43. The minimum Gasteiger partial charge on any atom is -0.355 e. The van der Waals surface area contributed by atoms with Crippen molar-refractivity contribution in [1.82, 2.24) is 20.0 Å². The van der Waals surface area contributed by atoms with E-state index in [-0.39, 0.29) is 0 Å². The zero-order valence-electron chi connectivity index (χ0n) is 11.8. The molecule has 0 amide bonds. The van der Waals surface area contributed by atoms with Gasteiger partial charge in [-0.25, -0.2) is 0 Å². The first-order chi connectivity index (χ1) is 8.41. The third kappa shape index (κ3) is 4.66. The summed E-state index contributed by atoms with van der Waals surface area (Å²) in [5, 5.41) is 4.43. The smallest absolute Gasteiger partial charge is 0.175 e. The zero-order valence-corrected chi connectivity index (χ0v) is 13.4. The summed E-state index contributed by atoms with van der Waals surface area (Å²) in [6.07, 6.45) is 2.65. The van der Waals surface area contributed by atoms with Crippen molar-refractivity contribution in [1.29, 1.82) is 0 Å². The molecular formula is C12H24N4S2. The Bertz CT molecular complexity index is 300. The Morgan fingerprint density at radius 3 is 2.22 bits per heavy atom. The van der Waals surface area contributed by atoms with Crippen LogP contribution in [0, 0.1) is 0 Å². The van der Waals surface area contributed by atoms with E-state index in [0.29, 0.717) is 16.3 Å². The van der Waals surface area contributed by atoms with Gasteiger partial charge in [0, 0.05) is 33.7 Å². The Balaban J connectivity index is 2.39. The van der Waals surface area contributed by atoms with E-state index in [0.717, 1.165) is 6.54 Å². The summed E-state index contributed by atoms with van der Waals surface area (Å²) in [5.74, 6) is 0. The van der Waals surface area contributed by atoms with Crippen LogP contribution in [0.4, 0.5) is 0 Å². The van der Waals surface area contributed by atoms with Gasteiger partial charge >= 0.3 is 0 Å². The maximum Gasteiger partial charge on any atom is 0.175 e. The maximum absolute atomic E-state index is 5.37. The first-order valence-electron chi connectivity index (χ1n) is 6.39. The van der Waals surface area contributed by atoms with E-state index in [4.69, 9.17) is 24.4 Å². The molecule has 0 aromatic heterocycles. The molecule has 0 bridgehead atoms. The summed E-state index contributed by atoms with van der Waals surface area (Å²) in [6.45, 7) is 5.70.